The molecule has 1 amide bonds. The zero-order valence-electron chi connectivity index (χ0n) is 11.3. The standard InChI is InChI=1S/C14H20ClNO3/c1-3-5-10(2)16-13(18)9-19-14-11(8-17)6-4-7-12(14)15/h4,6-7,10,17H,3,5,8-9H2,1-2H3,(H,16,18). The second kappa shape index (κ2) is 8.02. The Bertz CT molecular complexity index is 423. The molecule has 1 atom stereocenters. The van der Waals surface area contributed by atoms with Gasteiger partial charge in [0.15, 0.2) is 6.61 Å². The van der Waals surface area contributed by atoms with Gasteiger partial charge in [-0.25, -0.2) is 0 Å². The van der Waals surface area contributed by atoms with Gasteiger partial charge in [0.1, 0.15) is 5.75 Å². The monoisotopic (exact) mass is 285 g/mol. The van der Waals surface area contributed by atoms with Crippen LogP contribution in [0, 0.1) is 0 Å². The third-order valence-corrected chi connectivity index (χ3v) is 2.99. The summed E-state index contributed by atoms with van der Waals surface area (Å²) in [5, 5.41) is 12.4. The van der Waals surface area contributed by atoms with Gasteiger partial charge in [0.2, 0.25) is 0 Å². The average molecular weight is 286 g/mol. The smallest absolute Gasteiger partial charge is 0.258 e. The highest BCUT2D eigenvalue weighted by molar-refractivity contribution is 6.32. The van der Waals surface area contributed by atoms with E-state index in [1.165, 1.54) is 0 Å². The summed E-state index contributed by atoms with van der Waals surface area (Å²) in [7, 11) is 0. The Kier molecular flexibility index (Phi) is 6.67. The quantitative estimate of drug-likeness (QED) is 0.809. The molecule has 0 spiro atoms. The lowest BCUT2D eigenvalue weighted by Crippen LogP contribution is -2.36. The predicted octanol–water partition coefficient (Wildman–Crippen LogP) is 2.52. The van der Waals surface area contributed by atoms with Crippen molar-refractivity contribution in [1.82, 2.24) is 5.32 Å². The summed E-state index contributed by atoms with van der Waals surface area (Å²) in [6, 6.07) is 5.22. The van der Waals surface area contributed by atoms with E-state index in [9.17, 15) is 9.90 Å². The number of rotatable bonds is 7. The molecule has 0 radical (unpaired) electrons. The number of carbonyl (C=O) groups excluding carboxylic acids is 1. The van der Waals surface area contributed by atoms with E-state index in [4.69, 9.17) is 16.3 Å². The lowest BCUT2D eigenvalue weighted by atomic mass is 10.2. The van der Waals surface area contributed by atoms with Crippen molar-refractivity contribution in [3.8, 4) is 5.75 Å². The van der Waals surface area contributed by atoms with E-state index in [-0.39, 0.29) is 25.2 Å². The maximum atomic E-state index is 11.7. The molecule has 0 aliphatic carbocycles. The molecular formula is C14H20ClNO3. The summed E-state index contributed by atoms with van der Waals surface area (Å²) < 4.78 is 5.40. The number of carbonyl (C=O) groups is 1. The van der Waals surface area contributed by atoms with Crippen LogP contribution in [0.1, 0.15) is 32.3 Å². The molecule has 1 unspecified atom stereocenters. The molecule has 0 bridgehead atoms. The Hall–Kier alpha value is -1.26. The van der Waals surface area contributed by atoms with E-state index >= 15 is 0 Å². The van der Waals surface area contributed by atoms with Crippen molar-refractivity contribution in [2.45, 2.75) is 39.3 Å². The topological polar surface area (TPSA) is 58.6 Å². The SMILES string of the molecule is CCCC(C)NC(=O)COc1c(Cl)cccc1CO. The van der Waals surface area contributed by atoms with Crippen molar-refractivity contribution < 1.29 is 14.6 Å². The van der Waals surface area contributed by atoms with Crippen LogP contribution in [0.25, 0.3) is 0 Å². The van der Waals surface area contributed by atoms with Gasteiger partial charge in [0.25, 0.3) is 5.91 Å². The fourth-order valence-corrected chi connectivity index (χ4v) is 2.05. The Morgan fingerprint density at radius 2 is 2.26 bits per heavy atom. The molecule has 0 fully saturated rings. The molecule has 5 heteroatoms. The highest BCUT2D eigenvalue weighted by Gasteiger charge is 2.11. The Balaban J connectivity index is 2.55. The van der Waals surface area contributed by atoms with E-state index < -0.39 is 0 Å². The molecule has 1 rings (SSSR count). The molecule has 1 aromatic rings. The van der Waals surface area contributed by atoms with Crippen LogP contribution >= 0.6 is 11.6 Å². The molecule has 106 valence electrons. The van der Waals surface area contributed by atoms with Crippen molar-refractivity contribution in [2.24, 2.45) is 0 Å². The summed E-state index contributed by atoms with van der Waals surface area (Å²) in [6.45, 7) is 3.74. The fraction of sp³-hybridized carbons (Fsp3) is 0.500. The number of benzene rings is 1. The maximum Gasteiger partial charge on any atom is 0.258 e. The zero-order chi connectivity index (χ0) is 14.3. The van der Waals surface area contributed by atoms with Crippen molar-refractivity contribution in [1.29, 1.82) is 0 Å². The highest BCUT2D eigenvalue weighted by atomic mass is 35.5. The molecule has 2 N–H and O–H groups in total. The normalized spacial score (nSPS) is 12.0. The summed E-state index contributed by atoms with van der Waals surface area (Å²) in [4.78, 5) is 11.7. The Morgan fingerprint density at radius 1 is 1.53 bits per heavy atom. The number of nitrogens with one attached hydrogen (secondary N) is 1. The van der Waals surface area contributed by atoms with E-state index in [0.29, 0.717) is 16.3 Å². The minimum absolute atomic E-state index is 0.106. The first kappa shape index (κ1) is 15.8. The third kappa shape index (κ3) is 5.09. The second-order valence-electron chi connectivity index (χ2n) is 4.43. The van der Waals surface area contributed by atoms with Gasteiger partial charge in [-0.15, -0.1) is 0 Å². The highest BCUT2D eigenvalue weighted by Crippen LogP contribution is 2.28. The van der Waals surface area contributed by atoms with Crippen molar-refractivity contribution >= 4 is 17.5 Å². The average Bonchev–Trinajstić information content (AvgIpc) is 2.37. The third-order valence-electron chi connectivity index (χ3n) is 2.70. The van der Waals surface area contributed by atoms with Crippen molar-refractivity contribution in [3.63, 3.8) is 0 Å². The molecule has 0 saturated heterocycles. The molecule has 0 aliphatic heterocycles. The number of aliphatic hydroxyl groups excluding tert-OH is 1. The van der Waals surface area contributed by atoms with Crippen LogP contribution in [-0.2, 0) is 11.4 Å². The first-order valence-electron chi connectivity index (χ1n) is 6.38. The summed E-state index contributed by atoms with van der Waals surface area (Å²) in [6.07, 6.45) is 1.95. The Labute approximate surface area is 118 Å². The van der Waals surface area contributed by atoms with Gasteiger partial charge in [-0.1, -0.05) is 37.1 Å². The molecule has 0 saturated carbocycles. The van der Waals surface area contributed by atoms with Gasteiger partial charge < -0.3 is 15.2 Å². The number of hydrogen-bond acceptors (Lipinski definition) is 3. The van der Waals surface area contributed by atoms with Gasteiger partial charge in [0, 0.05) is 11.6 Å². The lowest BCUT2D eigenvalue weighted by molar-refractivity contribution is -0.123. The van der Waals surface area contributed by atoms with Crippen LogP contribution in [0.5, 0.6) is 5.75 Å². The van der Waals surface area contributed by atoms with Crippen LogP contribution in [0.15, 0.2) is 18.2 Å². The predicted molar refractivity (Wildman–Crippen MR) is 75.4 cm³/mol. The van der Waals surface area contributed by atoms with Gasteiger partial charge in [-0.05, 0) is 19.4 Å². The molecular weight excluding hydrogens is 266 g/mol. The van der Waals surface area contributed by atoms with Crippen LogP contribution < -0.4 is 10.1 Å². The Morgan fingerprint density at radius 3 is 2.89 bits per heavy atom. The van der Waals surface area contributed by atoms with Crippen LogP contribution in [0.4, 0.5) is 0 Å². The molecule has 0 aliphatic rings. The fourth-order valence-electron chi connectivity index (χ4n) is 1.80. The van der Waals surface area contributed by atoms with Gasteiger partial charge >= 0.3 is 0 Å². The molecule has 0 heterocycles. The summed E-state index contributed by atoms with van der Waals surface area (Å²) in [5.41, 5.74) is 0.571. The van der Waals surface area contributed by atoms with E-state index in [1.54, 1.807) is 18.2 Å². The minimum Gasteiger partial charge on any atom is -0.482 e. The number of para-hydroxylation sites is 1. The minimum atomic E-state index is -0.190. The van der Waals surface area contributed by atoms with Crippen LogP contribution in [-0.4, -0.2) is 23.7 Å². The number of ether oxygens (including phenoxy) is 1. The lowest BCUT2D eigenvalue weighted by Gasteiger charge is -2.15. The van der Waals surface area contributed by atoms with Crippen molar-refractivity contribution in [2.75, 3.05) is 6.61 Å². The first-order valence-corrected chi connectivity index (χ1v) is 6.76. The van der Waals surface area contributed by atoms with E-state index in [2.05, 4.69) is 12.2 Å². The van der Waals surface area contributed by atoms with Crippen LogP contribution in [0.2, 0.25) is 5.02 Å². The van der Waals surface area contributed by atoms with Crippen molar-refractivity contribution in [3.05, 3.63) is 28.8 Å². The zero-order valence-corrected chi connectivity index (χ0v) is 12.0. The van der Waals surface area contributed by atoms with Gasteiger partial charge in [0.05, 0.1) is 11.6 Å². The summed E-state index contributed by atoms with van der Waals surface area (Å²) >= 11 is 5.98. The van der Waals surface area contributed by atoms with Crippen LogP contribution in [0.3, 0.4) is 0 Å². The number of hydrogen-bond donors (Lipinski definition) is 2. The van der Waals surface area contributed by atoms with E-state index in [0.717, 1.165) is 12.8 Å². The van der Waals surface area contributed by atoms with Gasteiger partial charge in [-0.2, -0.15) is 0 Å². The molecule has 0 aromatic heterocycles. The summed E-state index contributed by atoms with van der Waals surface area (Å²) in [5.74, 6) is 0.176. The van der Waals surface area contributed by atoms with Gasteiger partial charge in [-0.3, -0.25) is 4.79 Å². The number of halogens is 1. The number of amides is 1. The largest absolute Gasteiger partial charge is 0.482 e. The molecule has 4 nitrogen and oxygen atoms in total. The molecule has 19 heavy (non-hydrogen) atoms. The molecule has 1 aromatic carbocycles. The van der Waals surface area contributed by atoms with E-state index in [1.807, 2.05) is 6.92 Å². The number of aliphatic hydroxyl groups is 1. The first-order chi connectivity index (χ1) is 9.08. The maximum absolute atomic E-state index is 11.7. The second-order valence-corrected chi connectivity index (χ2v) is 4.84.